The average molecular weight is 315 g/mol. The first-order valence-electron chi connectivity index (χ1n) is 2.86. The Kier molecular flexibility index (Phi) is 5.89. The molecule has 1 aromatic rings. The molecule has 1 rings (SSSR count). The van der Waals surface area contributed by atoms with E-state index < -0.39 is 0 Å². The second-order valence-electron chi connectivity index (χ2n) is 1.88. The molecule has 0 amide bonds. The van der Waals surface area contributed by atoms with Crippen LogP contribution >= 0.6 is 15.9 Å². The SMILES string of the molecule is [Br-].[Zn+][CH2]c1cccc(Br)c1. The van der Waals surface area contributed by atoms with Gasteiger partial charge in [0.25, 0.3) is 0 Å². The van der Waals surface area contributed by atoms with Crippen LogP contribution in [0.4, 0.5) is 0 Å². The molecule has 1 aromatic carbocycles. The maximum absolute atomic E-state index is 3.42. The van der Waals surface area contributed by atoms with Crippen LogP contribution in [0.25, 0.3) is 0 Å². The van der Waals surface area contributed by atoms with Crippen LogP contribution in [0.2, 0.25) is 0 Å². The third-order valence-electron chi connectivity index (χ3n) is 1.18. The van der Waals surface area contributed by atoms with Crippen molar-refractivity contribution in [3.8, 4) is 0 Å². The van der Waals surface area contributed by atoms with Gasteiger partial charge in [0.1, 0.15) is 0 Å². The summed E-state index contributed by atoms with van der Waals surface area (Å²) in [6.45, 7) is 0. The Labute approximate surface area is 90.0 Å². The summed E-state index contributed by atoms with van der Waals surface area (Å²) in [6, 6.07) is 8.46. The van der Waals surface area contributed by atoms with Crippen LogP contribution < -0.4 is 17.0 Å². The molecule has 0 fully saturated rings. The van der Waals surface area contributed by atoms with Crippen LogP contribution in [0.1, 0.15) is 5.56 Å². The second-order valence-corrected chi connectivity index (χ2v) is 3.84. The fraction of sp³-hybridized carbons (Fsp3) is 0.143. The van der Waals surface area contributed by atoms with Crippen molar-refractivity contribution in [2.45, 2.75) is 5.02 Å². The summed E-state index contributed by atoms with van der Waals surface area (Å²) in [5.74, 6) is 0. The van der Waals surface area contributed by atoms with Crippen molar-refractivity contribution in [3.63, 3.8) is 0 Å². The van der Waals surface area contributed by atoms with Gasteiger partial charge in [-0.1, -0.05) is 0 Å². The van der Waals surface area contributed by atoms with Crippen molar-refractivity contribution < 1.29 is 35.3 Å². The Hall–Kier alpha value is 0.803. The van der Waals surface area contributed by atoms with Crippen LogP contribution in [-0.4, -0.2) is 0 Å². The molecule has 0 heterocycles. The molecule has 50 valence electrons. The Morgan fingerprint density at radius 3 is 2.50 bits per heavy atom. The average Bonchev–Trinajstić information content (AvgIpc) is 1.88. The van der Waals surface area contributed by atoms with Crippen molar-refractivity contribution in [1.29, 1.82) is 0 Å². The van der Waals surface area contributed by atoms with Crippen molar-refractivity contribution >= 4 is 15.9 Å². The number of halogens is 2. The van der Waals surface area contributed by atoms with Crippen molar-refractivity contribution in [1.82, 2.24) is 0 Å². The summed E-state index contributed by atoms with van der Waals surface area (Å²) in [4.78, 5) is 0. The van der Waals surface area contributed by atoms with Crippen LogP contribution in [-0.2, 0) is 23.3 Å². The van der Waals surface area contributed by atoms with E-state index in [-0.39, 0.29) is 17.0 Å². The zero-order valence-corrected chi connectivity index (χ0v) is 11.6. The molecule has 0 saturated heterocycles. The first-order chi connectivity index (χ1) is 4.33. The summed E-state index contributed by atoms with van der Waals surface area (Å²) in [5.41, 5.74) is 1.43. The summed E-state index contributed by atoms with van der Waals surface area (Å²) < 4.78 is 1.19. The molecular weight excluding hydrogens is 309 g/mol. The van der Waals surface area contributed by atoms with Gasteiger partial charge in [0.05, 0.1) is 0 Å². The van der Waals surface area contributed by atoms with Gasteiger partial charge in [-0.3, -0.25) is 0 Å². The van der Waals surface area contributed by atoms with Crippen LogP contribution in [0.5, 0.6) is 0 Å². The molecule has 0 unspecified atom stereocenters. The van der Waals surface area contributed by atoms with Crippen molar-refractivity contribution in [2.24, 2.45) is 0 Å². The monoisotopic (exact) mass is 312 g/mol. The molecule has 0 radical (unpaired) electrons. The van der Waals surface area contributed by atoms with Gasteiger partial charge in [0.15, 0.2) is 0 Å². The number of hydrogen-bond acceptors (Lipinski definition) is 0. The zero-order valence-electron chi connectivity index (χ0n) is 5.48. The summed E-state index contributed by atoms with van der Waals surface area (Å²) >= 11 is 4.76. The molecule has 0 atom stereocenters. The van der Waals surface area contributed by atoms with E-state index in [1.165, 1.54) is 33.4 Å². The molecule has 0 aliphatic carbocycles. The fourth-order valence-corrected chi connectivity index (χ4v) is 1.79. The first kappa shape index (κ1) is 10.8. The predicted octanol–water partition coefficient (Wildman–Crippen LogP) is -0.500. The molecule has 0 bridgehead atoms. The number of rotatable bonds is 1. The van der Waals surface area contributed by atoms with E-state index >= 15 is 0 Å². The summed E-state index contributed by atoms with van der Waals surface area (Å²) in [6.07, 6.45) is 0. The standard InChI is InChI=1S/C7H6Br.BrH.Zn/c1-6-3-2-4-7(8)5-6;;/h2-5H,1H2;1H;/q;;+1/p-1. The molecule has 0 aliphatic heterocycles. The molecule has 0 aliphatic rings. The molecule has 0 aromatic heterocycles. The van der Waals surface area contributed by atoms with Crippen molar-refractivity contribution in [3.05, 3.63) is 34.3 Å². The van der Waals surface area contributed by atoms with Gasteiger partial charge in [0.2, 0.25) is 0 Å². The normalized spacial score (nSPS) is 8.70. The van der Waals surface area contributed by atoms with E-state index in [0.717, 1.165) is 0 Å². The Bertz CT molecular complexity index is 201. The fourth-order valence-electron chi connectivity index (χ4n) is 0.692. The topological polar surface area (TPSA) is 0 Å². The van der Waals surface area contributed by atoms with Crippen LogP contribution in [0.15, 0.2) is 28.7 Å². The molecular formula is C7H6Br2Zn. The quantitative estimate of drug-likeness (QED) is 0.613. The number of benzene rings is 1. The molecule has 3 heteroatoms. The molecule has 0 spiro atoms. The molecule has 0 N–H and O–H groups in total. The summed E-state index contributed by atoms with van der Waals surface area (Å²) in [7, 11) is 0. The van der Waals surface area contributed by atoms with E-state index in [2.05, 4.69) is 40.2 Å². The van der Waals surface area contributed by atoms with Crippen LogP contribution in [0, 0.1) is 0 Å². The van der Waals surface area contributed by atoms with Gasteiger partial charge >= 0.3 is 73.5 Å². The van der Waals surface area contributed by atoms with Gasteiger partial charge in [-0.05, 0) is 0 Å². The molecule has 0 nitrogen and oxygen atoms in total. The summed E-state index contributed by atoms with van der Waals surface area (Å²) in [5, 5.41) is 1.24. The van der Waals surface area contributed by atoms with Gasteiger partial charge in [-0.15, -0.1) is 0 Å². The molecule has 0 saturated carbocycles. The molecule has 10 heavy (non-hydrogen) atoms. The van der Waals surface area contributed by atoms with E-state index in [1.807, 2.05) is 0 Å². The first-order valence-corrected chi connectivity index (χ1v) is 5.75. The van der Waals surface area contributed by atoms with E-state index in [9.17, 15) is 0 Å². The second kappa shape index (κ2) is 5.45. The van der Waals surface area contributed by atoms with Crippen molar-refractivity contribution in [2.75, 3.05) is 0 Å². The van der Waals surface area contributed by atoms with E-state index in [0.29, 0.717) is 0 Å². The van der Waals surface area contributed by atoms with Gasteiger partial charge in [-0.2, -0.15) is 0 Å². The third-order valence-corrected chi connectivity index (χ3v) is 2.88. The predicted molar refractivity (Wildman–Crippen MR) is 37.8 cm³/mol. The minimum absolute atomic E-state index is 0. The van der Waals surface area contributed by atoms with Gasteiger partial charge in [-0.25, -0.2) is 0 Å². The Morgan fingerprint density at radius 2 is 2.10 bits per heavy atom. The van der Waals surface area contributed by atoms with E-state index in [1.54, 1.807) is 0 Å². The Balaban J connectivity index is 0.000000810. The maximum atomic E-state index is 3.42. The Morgan fingerprint density at radius 1 is 1.40 bits per heavy atom. The number of hydrogen-bond donors (Lipinski definition) is 0. The van der Waals surface area contributed by atoms with Crippen LogP contribution in [0.3, 0.4) is 0 Å². The van der Waals surface area contributed by atoms with Gasteiger partial charge < -0.3 is 17.0 Å². The van der Waals surface area contributed by atoms with E-state index in [4.69, 9.17) is 0 Å². The van der Waals surface area contributed by atoms with Gasteiger partial charge in [0, 0.05) is 0 Å². The zero-order chi connectivity index (χ0) is 6.69. The third kappa shape index (κ3) is 3.27. The minimum atomic E-state index is 0.